The fourth-order valence-corrected chi connectivity index (χ4v) is 1.30. The van der Waals surface area contributed by atoms with Gasteiger partial charge in [-0.25, -0.2) is 9.37 Å². The highest BCUT2D eigenvalue weighted by atomic mass is 19.1. The van der Waals surface area contributed by atoms with Gasteiger partial charge in [-0.1, -0.05) is 0 Å². The van der Waals surface area contributed by atoms with Crippen molar-refractivity contribution < 1.29 is 9.18 Å². The molecule has 0 spiro atoms. The zero-order valence-electron chi connectivity index (χ0n) is 8.64. The Balaban J connectivity index is 2.14. The number of hydrogen-bond donors (Lipinski definition) is 1. The first-order valence-corrected chi connectivity index (χ1v) is 4.71. The highest BCUT2D eigenvalue weighted by molar-refractivity contribution is 6.01. The highest BCUT2D eigenvalue weighted by Crippen LogP contribution is 2.09. The molecular formula is C11H10FN3O. The Morgan fingerprint density at radius 3 is 2.62 bits per heavy atom. The molecule has 1 aromatic heterocycles. The van der Waals surface area contributed by atoms with Crippen molar-refractivity contribution in [1.82, 2.24) is 9.55 Å². The van der Waals surface area contributed by atoms with Crippen molar-refractivity contribution in [3.63, 3.8) is 0 Å². The van der Waals surface area contributed by atoms with E-state index in [-0.39, 0.29) is 11.7 Å². The first-order chi connectivity index (χ1) is 7.66. The van der Waals surface area contributed by atoms with Crippen LogP contribution in [0.4, 0.5) is 10.1 Å². The van der Waals surface area contributed by atoms with E-state index in [1.54, 1.807) is 24.0 Å². The number of anilines is 1. The SMILES string of the molecule is Cn1ccnc1C(=O)Nc1ccc(F)cc1. The van der Waals surface area contributed by atoms with Crippen LogP contribution >= 0.6 is 0 Å². The van der Waals surface area contributed by atoms with Crippen LogP contribution in [0.1, 0.15) is 10.6 Å². The van der Waals surface area contributed by atoms with Crippen LogP contribution < -0.4 is 5.32 Å². The summed E-state index contributed by atoms with van der Waals surface area (Å²) < 4.78 is 14.2. The van der Waals surface area contributed by atoms with E-state index in [0.29, 0.717) is 11.5 Å². The molecule has 1 aromatic carbocycles. The van der Waals surface area contributed by atoms with Gasteiger partial charge >= 0.3 is 0 Å². The van der Waals surface area contributed by atoms with Gasteiger partial charge in [0.1, 0.15) is 5.82 Å². The summed E-state index contributed by atoms with van der Waals surface area (Å²) in [5, 5.41) is 2.62. The van der Waals surface area contributed by atoms with E-state index in [1.807, 2.05) is 0 Å². The van der Waals surface area contributed by atoms with Crippen LogP contribution in [0.25, 0.3) is 0 Å². The first kappa shape index (κ1) is 10.4. The largest absolute Gasteiger partial charge is 0.330 e. The van der Waals surface area contributed by atoms with Crippen LogP contribution in [0, 0.1) is 5.82 Å². The Labute approximate surface area is 91.7 Å². The number of benzene rings is 1. The average Bonchev–Trinajstić information content (AvgIpc) is 2.68. The van der Waals surface area contributed by atoms with E-state index in [4.69, 9.17) is 0 Å². The van der Waals surface area contributed by atoms with Crippen molar-refractivity contribution in [2.24, 2.45) is 7.05 Å². The van der Waals surface area contributed by atoms with Gasteiger partial charge in [0.15, 0.2) is 5.82 Å². The molecule has 0 aliphatic heterocycles. The van der Waals surface area contributed by atoms with Crippen LogP contribution in [0.5, 0.6) is 0 Å². The topological polar surface area (TPSA) is 46.9 Å². The quantitative estimate of drug-likeness (QED) is 0.837. The predicted octanol–water partition coefficient (Wildman–Crippen LogP) is 1.81. The molecular weight excluding hydrogens is 209 g/mol. The number of aryl methyl sites for hydroxylation is 1. The molecule has 0 unspecified atom stereocenters. The molecule has 16 heavy (non-hydrogen) atoms. The Morgan fingerprint density at radius 2 is 2.06 bits per heavy atom. The van der Waals surface area contributed by atoms with Gasteiger partial charge < -0.3 is 9.88 Å². The maximum Gasteiger partial charge on any atom is 0.291 e. The van der Waals surface area contributed by atoms with Crippen LogP contribution in [-0.2, 0) is 7.05 Å². The zero-order chi connectivity index (χ0) is 11.5. The van der Waals surface area contributed by atoms with Crippen LogP contribution in [-0.4, -0.2) is 15.5 Å². The summed E-state index contributed by atoms with van der Waals surface area (Å²) in [6.45, 7) is 0. The minimum absolute atomic E-state index is 0.310. The first-order valence-electron chi connectivity index (χ1n) is 4.71. The molecule has 0 fully saturated rings. The lowest BCUT2D eigenvalue weighted by Crippen LogP contribution is -2.16. The standard InChI is InChI=1S/C11H10FN3O/c1-15-7-6-13-10(15)11(16)14-9-4-2-8(12)3-5-9/h2-7H,1H3,(H,14,16). The molecule has 0 saturated heterocycles. The highest BCUT2D eigenvalue weighted by Gasteiger charge is 2.10. The normalized spacial score (nSPS) is 10.1. The summed E-state index contributed by atoms with van der Waals surface area (Å²) in [5.41, 5.74) is 0.536. The summed E-state index contributed by atoms with van der Waals surface area (Å²) in [5.74, 6) is -0.349. The molecule has 0 bridgehead atoms. The molecule has 0 aliphatic rings. The van der Waals surface area contributed by atoms with E-state index in [1.165, 1.54) is 24.3 Å². The second-order valence-corrected chi connectivity index (χ2v) is 3.32. The molecule has 5 heteroatoms. The van der Waals surface area contributed by atoms with E-state index in [9.17, 15) is 9.18 Å². The van der Waals surface area contributed by atoms with Crippen molar-refractivity contribution in [3.05, 3.63) is 48.3 Å². The van der Waals surface area contributed by atoms with Crippen LogP contribution in [0.3, 0.4) is 0 Å². The summed E-state index contributed by atoms with van der Waals surface area (Å²) in [6, 6.07) is 5.56. The van der Waals surface area contributed by atoms with Crippen LogP contribution in [0.15, 0.2) is 36.7 Å². The van der Waals surface area contributed by atoms with Gasteiger partial charge in [-0.3, -0.25) is 4.79 Å². The van der Waals surface area contributed by atoms with Gasteiger partial charge in [0, 0.05) is 25.1 Å². The third-order valence-corrected chi connectivity index (χ3v) is 2.13. The molecule has 1 N–H and O–H groups in total. The van der Waals surface area contributed by atoms with Gasteiger partial charge in [0.05, 0.1) is 0 Å². The molecule has 0 radical (unpaired) electrons. The summed E-state index contributed by atoms with van der Waals surface area (Å²) in [6.07, 6.45) is 3.22. The molecule has 4 nitrogen and oxygen atoms in total. The molecule has 1 heterocycles. The number of nitrogens with zero attached hydrogens (tertiary/aromatic N) is 2. The third kappa shape index (κ3) is 2.08. The summed E-state index contributed by atoms with van der Waals surface area (Å²) >= 11 is 0. The fraction of sp³-hybridized carbons (Fsp3) is 0.0909. The van der Waals surface area contributed by atoms with Gasteiger partial charge in [0.2, 0.25) is 0 Å². The van der Waals surface area contributed by atoms with Crippen molar-refractivity contribution in [3.8, 4) is 0 Å². The van der Waals surface area contributed by atoms with Crippen molar-refractivity contribution in [2.45, 2.75) is 0 Å². The van der Waals surface area contributed by atoms with Gasteiger partial charge in [-0.15, -0.1) is 0 Å². The molecule has 2 rings (SSSR count). The number of hydrogen-bond acceptors (Lipinski definition) is 2. The average molecular weight is 219 g/mol. The van der Waals surface area contributed by atoms with Crippen molar-refractivity contribution in [1.29, 1.82) is 0 Å². The number of imidazole rings is 1. The minimum Gasteiger partial charge on any atom is -0.330 e. The lowest BCUT2D eigenvalue weighted by atomic mass is 10.3. The maximum absolute atomic E-state index is 12.6. The second kappa shape index (κ2) is 4.14. The molecule has 0 saturated carbocycles. The summed E-state index contributed by atoms with van der Waals surface area (Å²) in [7, 11) is 1.73. The number of carbonyl (C=O) groups excluding carboxylic acids is 1. The van der Waals surface area contributed by atoms with E-state index >= 15 is 0 Å². The maximum atomic E-state index is 12.6. The zero-order valence-corrected chi connectivity index (χ0v) is 8.64. The Morgan fingerprint density at radius 1 is 1.38 bits per heavy atom. The van der Waals surface area contributed by atoms with E-state index in [0.717, 1.165) is 0 Å². The van der Waals surface area contributed by atoms with Gasteiger partial charge in [0.25, 0.3) is 5.91 Å². The van der Waals surface area contributed by atoms with Crippen molar-refractivity contribution in [2.75, 3.05) is 5.32 Å². The molecule has 0 aliphatic carbocycles. The third-order valence-electron chi connectivity index (χ3n) is 2.13. The smallest absolute Gasteiger partial charge is 0.291 e. The number of rotatable bonds is 2. The minimum atomic E-state index is -0.338. The Hall–Kier alpha value is -2.17. The lowest BCUT2D eigenvalue weighted by molar-refractivity contribution is 0.101. The summed E-state index contributed by atoms with van der Waals surface area (Å²) in [4.78, 5) is 15.6. The molecule has 82 valence electrons. The second-order valence-electron chi connectivity index (χ2n) is 3.32. The van der Waals surface area contributed by atoms with Gasteiger partial charge in [-0.2, -0.15) is 0 Å². The predicted molar refractivity (Wildman–Crippen MR) is 57.6 cm³/mol. The Kier molecular flexibility index (Phi) is 2.68. The van der Waals surface area contributed by atoms with E-state index in [2.05, 4.69) is 10.3 Å². The number of halogens is 1. The van der Waals surface area contributed by atoms with Crippen LogP contribution in [0.2, 0.25) is 0 Å². The lowest BCUT2D eigenvalue weighted by Gasteiger charge is -2.04. The Bertz CT molecular complexity index is 504. The number of amides is 1. The number of carbonyl (C=O) groups is 1. The number of aromatic nitrogens is 2. The van der Waals surface area contributed by atoms with Gasteiger partial charge in [-0.05, 0) is 24.3 Å². The fourth-order valence-electron chi connectivity index (χ4n) is 1.30. The molecule has 2 aromatic rings. The monoisotopic (exact) mass is 219 g/mol. The number of nitrogens with one attached hydrogen (secondary N) is 1. The molecule has 1 amide bonds. The van der Waals surface area contributed by atoms with E-state index < -0.39 is 0 Å². The molecule has 0 atom stereocenters. The van der Waals surface area contributed by atoms with Crippen molar-refractivity contribution >= 4 is 11.6 Å².